The van der Waals surface area contributed by atoms with Gasteiger partial charge in [0.15, 0.2) is 5.69 Å². The van der Waals surface area contributed by atoms with Crippen LogP contribution < -0.4 is 5.32 Å². The monoisotopic (exact) mass is 322 g/mol. The minimum absolute atomic E-state index is 0.296. The summed E-state index contributed by atoms with van der Waals surface area (Å²) < 4.78 is 37.6. The molecule has 2 heterocycles. The number of anilines is 1. The number of nitrogens with one attached hydrogen (secondary N) is 1. The van der Waals surface area contributed by atoms with E-state index in [1.54, 1.807) is 0 Å². The van der Waals surface area contributed by atoms with Gasteiger partial charge in [-0.1, -0.05) is 18.5 Å². The van der Waals surface area contributed by atoms with Crippen LogP contribution in [0.3, 0.4) is 0 Å². The van der Waals surface area contributed by atoms with Crippen molar-refractivity contribution in [3.63, 3.8) is 0 Å². The van der Waals surface area contributed by atoms with Gasteiger partial charge in [-0.05, 0) is 6.42 Å². The Hall–Kier alpha value is -1.41. The number of hydrogen-bond donors (Lipinski definition) is 1. The Labute approximate surface area is 122 Å². The number of hydrogen-bond acceptors (Lipinski definition) is 5. The Balaban J connectivity index is 2.16. The van der Waals surface area contributed by atoms with Gasteiger partial charge in [0.2, 0.25) is 5.95 Å². The van der Waals surface area contributed by atoms with E-state index in [1.807, 2.05) is 6.92 Å². The second kappa shape index (κ2) is 5.92. The first-order chi connectivity index (χ1) is 9.40. The van der Waals surface area contributed by atoms with Crippen LogP contribution in [0.5, 0.6) is 0 Å². The lowest BCUT2D eigenvalue weighted by Crippen LogP contribution is -2.13. The molecule has 0 saturated carbocycles. The van der Waals surface area contributed by atoms with Gasteiger partial charge >= 0.3 is 6.18 Å². The smallest absolute Gasteiger partial charge is 0.345 e. The molecule has 0 aromatic carbocycles. The molecule has 0 fully saturated rings. The standard InChI is InChI=1S/C11H10ClF3N4S/c1-2-7(18-10-16-3-6(12)4-17-10)9-19-8(5-20-9)11(13,14)15/h3-5,7H,2H2,1H3,(H,16,17,18). The van der Waals surface area contributed by atoms with Crippen LogP contribution in [0.2, 0.25) is 5.02 Å². The molecule has 0 radical (unpaired) electrons. The van der Waals surface area contributed by atoms with Crippen LogP contribution in [0.4, 0.5) is 19.1 Å². The molecule has 0 saturated heterocycles. The summed E-state index contributed by atoms with van der Waals surface area (Å²) in [4.78, 5) is 11.5. The molecular formula is C11H10ClF3N4S. The highest BCUT2D eigenvalue weighted by molar-refractivity contribution is 7.09. The predicted molar refractivity (Wildman–Crippen MR) is 70.8 cm³/mol. The molecular weight excluding hydrogens is 313 g/mol. The molecule has 1 atom stereocenters. The van der Waals surface area contributed by atoms with E-state index in [9.17, 15) is 13.2 Å². The maximum atomic E-state index is 12.5. The maximum Gasteiger partial charge on any atom is 0.434 e. The Morgan fingerprint density at radius 3 is 2.50 bits per heavy atom. The zero-order valence-electron chi connectivity index (χ0n) is 10.3. The molecule has 0 amide bonds. The minimum Gasteiger partial charge on any atom is -0.345 e. The van der Waals surface area contributed by atoms with Crippen LogP contribution in [0.1, 0.15) is 30.1 Å². The lowest BCUT2D eigenvalue weighted by Gasteiger charge is -2.14. The van der Waals surface area contributed by atoms with Crippen LogP contribution in [0.15, 0.2) is 17.8 Å². The van der Waals surface area contributed by atoms with Crippen molar-refractivity contribution in [2.75, 3.05) is 5.32 Å². The van der Waals surface area contributed by atoms with Crippen molar-refractivity contribution in [1.82, 2.24) is 15.0 Å². The third-order valence-electron chi connectivity index (χ3n) is 2.44. The van der Waals surface area contributed by atoms with Gasteiger partial charge in [-0.25, -0.2) is 15.0 Å². The predicted octanol–water partition coefficient (Wildman–Crippen LogP) is 4.17. The van der Waals surface area contributed by atoms with Gasteiger partial charge in [0, 0.05) is 5.38 Å². The molecule has 1 unspecified atom stereocenters. The summed E-state index contributed by atoms with van der Waals surface area (Å²) in [5.41, 5.74) is -0.880. The van der Waals surface area contributed by atoms with Gasteiger partial charge in [0.25, 0.3) is 0 Å². The number of rotatable bonds is 4. The molecule has 2 rings (SSSR count). The second-order valence-corrected chi connectivity index (χ2v) is 5.22. The first-order valence-corrected chi connectivity index (χ1v) is 6.92. The average Bonchev–Trinajstić information content (AvgIpc) is 2.87. The lowest BCUT2D eigenvalue weighted by atomic mass is 10.2. The largest absolute Gasteiger partial charge is 0.434 e. The molecule has 2 aromatic heterocycles. The summed E-state index contributed by atoms with van der Waals surface area (Å²) in [5, 5.41) is 4.67. The highest BCUT2D eigenvalue weighted by atomic mass is 35.5. The van der Waals surface area contributed by atoms with Gasteiger partial charge < -0.3 is 5.32 Å². The summed E-state index contributed by atoms with van der Waals surface area (Å²) in [7, 11) is 0. The van der Waals surface area contributed by atoms with Crippen molar-refractivity contribution in [2.45, 2.75) is 25.6 Å². The van der Waals surface area contributed by atoms with E-state index in [0.29, 0.717) is 22.4 Å². The van der Waals surface area contributed by atoms with Crippen molar-refractivity contribution < 1.29 is 13.2 Å². The summed E-state index contributed by atoms with van der Waals surface area (Å²) in [6.45, 7) is 1.84. The van der Waals surface area contributed by atoms with Crippen LogP contribution >= 0.6 is 22.9 Å². The SMILES string of the molecule is CCC(Nc1ncc(Cl)cn1)c1nc(C(F)(F)F)cs1. The van der Waals surface area contributed by atoms with Crippen LogP contribution in [-0.4, -0.2) is 15.0 Å². The first-order valence-electron chi connectivity index (χ1n) is 5.67. The number of nitrogens with zero attached hydrogens (tertiary/aromatic N) is 3. The Kier molecular flexibility index (Phi) is 4.44. The molecule has 4 nitrogen and oxygen atoms in total. The summed E-state index contributed by atoms with van der Waals surface area (Å²) in [6.07, 6.45) is -1.06. The fraction of sp³-hybridized carbons (Fsp3) is 0.364. The first kappa shape index (κ1) is 15.0. The quantitative estimate of drug-likeness (QED) is 0.918. The van der Waals surface area contributed by atoms with E-state index in [0.717, 1.165) is 16.7 Å². The molecule has 2 aromatic rings. The fourth-order valence-electron chi connectivity index (χ4n) is 1.46. The normalized spacial score (nSPS) is 13.2. The van der Waals surface area contributed by atoms with Crippen molar-refractivity contribution in [1.29, 1.82) is 0 Å². The van der Waals surface area contributed by atoms with Crippen LogP contribution in [-0.2, 0) is 6.18 Å². The Bertz CT molecular complexity index is 570. The molecule has 1 N–H and O–H groups in total. The molecule has 20 heavy (non-hydrogen) atoms. The Morgan fingerprint density at radius 2 is 2.00 bits per heavy atom. The third-order valence-corrected chi connectivity index (χ3v) is 3.60. The number of halogens is 4. The average molecular weight is 323 g/mol. The van der Waals surface area contributed by atoms with Gasteiger partial charge in [-0.15, -0.1) is 11.3 Å². The van der Waals surface area contributed by atoms with Crippen molar-refractivity contribution >= 4 is 28.9 Å². The summed E-state index contributed by atoms with van der Waals surface area (Å²) >= 11 is 6.62. The van der Waals surface area contributed by atoms with Gasteiger partial charge in [0.05, 0.1) is 23.5 Å². The Morgan fingerprint density at radius 1 is 1.35 bits per heavy atom. The molecule has 0 spiro atoms. The highest BCUT2D eigenvalue weighted by Crippen LogP contribution is 2.33. The maximum absolute atomic E-state index is 12.5. The molecule has 9 heteroatoms. The van der Waals surface area contributed by atoms with Crippen molar-refractivity contribution in [3.8, 4) is 0 Å². The fourth-order valence-corrected chi connectivity index (χ4v) is 2.52. The third kappa shape index (κ3) is 3.57. The van der Waals surface area contributed by atoms with Gasteiger partial charge in [-0.3, -0.25) is 0 Å². The second-order valence-electron chi connectivity index (χ2n) is 3.90. The summed E-state index contributed by atoms with van der Waals surface area (Å²) in [6, 6.07) is -0.378. The molecule has 0 aliphatic rings. The lowest BCUT2D eigenvalue weighted by molar-refractivity contribution is -0.140. The highest BCUT2D eigenvalue weighted by Gasteiger charge is 2.34. The van der Waals surface area contributed by atoms with E-state index in [1.165, 1.54) is 12.4 Å². The number of thiazole rings is 1. The minimum atomic E-state index is -4.43. The molecule has 0 aliphatic carbocycles. The van der Waals surface area contributed by atoms with E-state index in [4.69, 9.17) is 11.6 Å². The summed E-state index contributed by atoms with van der Waals surface area (Å²) in [5.74, 6) is 0.296. The van der Waals surface area contributed by atoms with E-state index < -0.39 is 11.9 Å². The van der Waals surface area contributed by atoms with Gasteiger partial charge in [0.1, 0.15) is 5.01 Å². The topological polar surface area (TPSA) is 50.7 Å². The molecule has 0 bridgehead atoms. The zero-order valence-corrected chi connectivity index (χ0v) is 11.9. The van der Waals surface area contributed by atoms with E-state index >= 15 is 0 Å². The van der Waals surface area contributed by atoms with E-state index in [-0.39, 0.29) is 6.04 Å². The van der Waals surface area contributed by atoms with Crippen LogP contribution in [0, 0.1) is 0 Å². The molecule has 108 valence electrons. The van der Waals surface area contributed by atoms with E-state index in [2.05, 4.69) is 20.3 Å². The van der Waals surface area contributed by atoms with Crippen molar-refractivity contribution in [3.05, 3.63) is 33.5 Å². The van der Waals surface area contributed by atoms with Gasteiger partial charge in [-0.2, -0.15) is 13.2 Å². The number of alkyl halides is 3. The van der Waals surface area contributed by atoms with Crippen molar-refractivity contribution in [2.24, 2.45) is 0 Å². The zero-order chi connectivity index (χ0) is 14.8. The number of aromatic nitrogens is 3. The van der Waals surface area contributed by atoms with Crippen LogP contribution in [0.25, 0.3) is 0 Å². The molecule has 0 aliphatic heterocycles.